The normalized spacial score (nSPS) is 11.3. The van der Waals surface area contributed by atoms with E-state index in [1.54, 1.807) is 67.6 Å². The molecule has 0 radical (unpaired) electrons. The van der Waals surface area contributed by atoms with Gasteiger partial charge < -0.3 is 8.83 Å². The van der Waals surface area contributed by atoms with Crippen LogP contribution in [0.2, 0.25) is 0 Å². The van der Waals surface area contributed by atoms with Crippen molar-refractivity contribution in [2.24, 2.45) is 0 Å². The topological polar surface area (TPSA) is 60.4 Å². The molecule has 5 rings (SSSR count). The molecule has 0 unspecified atom stereocenters. The molecule has 0 N–H and O–H groups in total. The van der Waals surface area contributed by atoms with Crippen LogP contribution in [0, 0.1) is 12.7 Å². The van der Waals surface area contributed by atoms with Crippen LogP contribution in [-0.4, -0.2) is 5.78 Å². The van der Waals surface area contributed by atoms with Crippen molar-refractivity contribution in [3.05, 3.63) is 106 Å². The predicted octanol–water partition coefficient (Wildman–Crippen LogP) is 5.88. The Balaban J connectivity index is 1.95. The van der Waals surface area contributed by atoms with Gasteiger partial charge in [-0.1, -0.05) is 48.5 Å². The van der Waals surface area contributed by atoms with Crippen LogP contribution in [0.1, 0.15) is 21.7 Å². The first-order chi connectivity index (χ1) is 14.5. The van der Waals surface area contributed by atoms with E-state index in [2.05, 4.69) is 0 Å². The smallest absolute Gasteiger partial charge is 0.336 e. The number of carbonyl (C=O) groups is 1. The highest BCUT2D eigenvalue weighted by Crippen LogP contribution is 2.41. The highest BCUT2D eigenvalue weighted by atomic mass is 19.1. The Kier molecular flexibility index (Phi) is 4.10. The molecule has 2 heterocycles. The average Bonchev–Trinajstić information content (AvgIpc) is 3.14. The lowest BCUT2D eigenvalue weighted by Gasteiger charge is -2.06. The summed E-state index contributed by atoms with van der Waals surface area (Å²) in [6.45, 7) is 1.80. The van der Waals surface area contributed by atoms with Crippen LogP contribution in [0.4, 0.5) is 4.39 Å². The summed E-state index contributed by atoms with van der Waals surface area (Å²) >= 11 is 0. The fraction of sp³-hybridized carbons (Fsp3) is 0.0400. The molecule has 0 saturated carbocycles. The van der Waals surface area contributed by atoms with Gasteiger partial charge in [0.15, 0.2) is 5.76 Å². The second-order valence-corrected chi connectivity index (χ2v) is 7.05. The van der Waals surface area contributed by atoms with Crippen LogP contribution in [0.3, 0.4) is 0 Å². The first-order valence-corrected chi connectivity index (χ1v) is 9.39. The minimum atomic E-state index is -0.524. The standard InChI is InChI=1S/C25H15FO4/c1-14-13-20(27)30-24-16(14)11-12-19-22(24)21(17-9-5-6-10-18(17)26)25(29-19)23(28)15-7-3-2-4-8-15/h2-13H,1H3. The van der Waals surface area contributed by atoms with Gasteiger partial charge in [0.05, 0.1) is 5.39 Å². The van der Waals surface area contributed by atoms with Gasteiger partial charge in [0.25, 0.3) is 0 Å². The number of ketones is 1. The number of fused-ring (bicyclic) bond motifs is 3. The van der Waals surface area contributed by atoms with Crippen LogP contribution in [-0.2, 0) is 0 Å². The Hall–Kier alpha value is -3.99. The van der Waals surface area contributed by atoms with Crippen molar-refractivity contribution in [2.45, 2.75) is 6.92 Å². The monoisotopic (exact) mass is 398 g/mol. The molecule has 4 nitrogen and oxygen atoms in total. The SMILES string of the molecule is Cc1cc(=O)oc2c1ccc1oc(C(=O)c3ccccc3)c(-c3ccccc3F)c12. The summed E-state index contributed by atoms with van der Waals surface area (Å²) in [5.74, 6) is -0.888. The summed E-state index contributed by atoms with van der Waals surface area (Å²) in [4.78, 5) is 25.4. The third kappa shape index (κ3) is 2.75. The summed E-state index contributed by atoms with van der Waals surface area (Å²) in [6.07, 6.45) is 0. The molecule has 0 atom stereocenters. The van der Waals surface area contributed by atoms with Crippen LogP contribution in [0.5, 0.6) is 0 Å². The Morgan fingerprint density at radius 2 is 1.63 bits per heavy atom. The molecule has 5 heteroatoms. The van der Waals surface area contributed by atoms with Crippen molar-refractivity contribution in [3.63, 3.8) is 0 Å². The lowest BCUT2D eigenvalue weighted by molar-refractivity contribution is 0.101. The largest absolute Gasteiger partial charge is 0.452 e. The fourth-order valence-electron chi connectivity index (χ4n) is 3.76. The maximum atomic E-state index is 14.8. The quantitative estimate of drug-likeness (QED) is 0.281. The van der Waals surface area contributed by atoms with E-state index in [9.17, 15) is 14.0 Å². The van der Waals surface area contributed by atoms with Crippen molar-refractivity contribution in [1.29, 1.82) is 0 Å². The van der Waals surface area contributed by atoms with Crippen LogP contribution >= 0.6 is 0 Å². The zero-order valence-corrected chi connectivity index (χ0v) is 15.9. The first-order valence-electron chi connectivity index (χ1n) is 9.39. The Morgan fingerprint density at radius 3 is 2.40 bits per heavy atom. The second kappa shape index (κ2) is 6.81. The lowest BCUT2D eigenvalue weighted by atomic mass is 9.96. The van der Waals surface area contributed by atoms with E-state index in [-0.39, 0.29) is 28.3 Å². The van der Waals surface area contributed by atoms with Gasteiger partial charge in [0, 0.05) is 28.1 Å². The van der Waals surface area contributed by atoms with Gasteiger partial charge in [-0.15, -0.1) is 0 Å². The van der Waals surface area contributed by atoms with Gasteiger partial charge in [0.2, 0.25) is 5.78 Å². The number of benzene rings is 3. The molecular weight excluding hydrogens is 383 g/mol. The average molecular weight is 398 g/mol. The van der Waals surface area contributed by atoms with E-state index in [4.69, 9.17) is 8.83 Å². The second-order valence-electron chi connectivity index (χ2n) is 7.05. The number of hydrogen-bond donors (Lipinski definition) is 0. The Bertz CT molecular complexity index is 1490. The summed E-state index contributed by atoms with van der Waals surface area (Å²) in [5, 5.41) is 1.09. The molecule has 0 saturated heterocycles. The van der Waals surface area contributed by atoms with E-state index in [1.807, 2.05) is 0 Å². The summed E-state index contributed by atoms with van der Waals surface area (Å²) in [6, 6.07) is 19.6. The maximum Gasteiger partial charge on any atom is 0.336 e. The molecular formula is C25H15FO4. The number of hydrogen-bond acceptors (Lipinski definition) is 4. The van der Waals surface area contributed by atoms with Crippen molar-refractivity contribution >= 4 is 27.7 Å². The molecule has 0 aliphatic carbocycles. The summed E-state index contributed by atoms with van der Waals surface area (Å²) < 4.78 is 26.3. The molecule has 30 heavy (non-hydrogen) atoms. The molecule has 0 bridgehead atoms. The van der Waals surface area contributed by atoms with Gasteiger partial charge in [-0.05, 0) is 30.7 Å². The van der Waals surface area contributed by atoms with E-state index in [0.717, 1.165) is 5.56 Å². The van der Waals surface area contributed by atoms with Crippen LogP contribution in [0.25, 0.3) is 33.1 Å². The number of carbonyl (C=O) groups excluding carboxylic acids is 1. The number of furan rings is 1. The molecule has 146 valence electrons. The Labute approximate surface area is 170 Å². The van der Waals surface area contributed by atoms with Gasteiger partial charge in [0.1, 0.15) is 17.0 Å². The van der Waals surface area contributed by atoms with Gasteiger partial charge in [-0.2, -0.15) is 0 Å². The summed E-state index contributed by atoms with van der Waals surface area (Å²) in [7, 11) is 0. The number of aryl methyl sites for hydroxylation is 1. The molecule has 0 aliphatic rings. The predicted molar refractivity (Wildman–Crippen MR) is 112 cm³/mol. The zero-order valence-electron chi connectivity index (χ0n) is 15.9. The van der Waals surface area contributed by atoms with Crippen LogP contribution < -0.4 is 5.63 Å². The van der Waals surface area contributed by atoms with Gasteiger partial charge >= 0.3 is 5.63 Å². The zero-order chi connectivity index (χ0) is 20.8. The van der Waals surface area contributed by atoms with Crippen LogP contribution in [0.15, 0.2) is 86.4 Å². The van der Waals surface area contributed by atoms with Crippen molar-refractivity contribution < 1.29 is 18.0 Å². The third-order valence-corrected chi connectivity index (χ3v) is 5.16. The molecule has 0 aliphatic heterocycles. The minimum absolute atomic E-state index is 0.00189. The number of halogens is 1. The molecule has 5 aromatic rings. The maximum absolute atomic E-state index is 14.8. The highest BCUT2D eigenvalue weighted by molar-refractivity contribution is 6.20. The summed E-state index contributed by atoms with van der Waals surface area (Å²) in [5.41, 5.74) is 1.70. The van der Waals surface area contributed by atoms with Crippen molar-refractivity contribution in [3.8, 4) is 11.1 Å². The van der Waals surface area contributed by atoms with Crippen molar-refractivity contribution in [1.82, 2.24) is 0 Å². The van der Waals surface area contributed by atoms with Gasteiger partial charge in [-0.25, -0.2) is 9.18 Å². The molecule has 2 aromatic heterocycles. The Morgan fingerprint density at radius 1 is 0.900 bits per heavy atom. The van der Waals surface area contributed by atoms with E-state index < -0.39 is 11.4 Å². The number of rotatable bonds is 3. The van der Waals surface area contributed by atoms with E-state index in [1.165, 1.54) is 12.1 Å². The molecule has 0 spiro atoms. The van der Waals surface area contributed by atoms with Gasteiger partial charge in [-0.3, -0.25) is 4.79 Å². The molecule has 0 amide bonds. The minimum Gasteiger partial charge on any atom is -0.452 e. The van der Waals surface area contributed by atoms with E-state index >= 15 is 0 Å². The lowest BCUT2D eigenvalue weighted by Crippen LogP contribution is -2.02. The van der Waals surface area contributed by atoms with Crippen molar-refractivity contribution in [2.75, 3.05) is 0 Å². The van der Waals surface area contributed by atoms with E-state index in [0.29, 0.717) is 21.9 Å². The molecule has 3 aromatic carbocycles. The highest BCUT2D eigenvalue weighted by Gasteiger charge is 2.27. The fourth-order valence-corrected chi connectivity index (χ4v) is 3.76. The molecule has 0 fully saturated rings. The third-order valence-electron chi connectivity index (χ3n) is 5.16. The first kappa shape index (κ1) is 18.1.